The standard InChI is InChI=1S/C55H34N2S.C4H8.2C2H6.HIS/c1-2-15-37(44-22-12-23-45-46-24-13-29-53(55(46)58-54(44)45)57-51-27-9-5-18-42(51)43-19-6-10-28-52(43)57)36(14-1)38-20-11-21-39-47-33-35(31-30-34(47)32-48(38)39)56-49-25-7-3-16-40(49)41-17-4-8-26-50(41)56;1-3-4-2;3*1-2/h1-31,33H,32H2;3-4H,1-2H3;2*1-2H3;2H/b;4-3-;;;. The molecule has 0 bridgehead atoms. The first kappa shape index (κ1) is 46.7. The smallest absolute Gasteiger partial charge is 0.0640 e. The maximum absolute atomic E-state index is 3.50. The molecule has 0 saturated carbocycles. The molecule has 3 aromatic heterocycles. The van der Waals surface area contributed by atoms with Crippen LogP contribution in [-0.4, -0.2) is 9.13 Å². The number of aromatic nitrogens is 2. The third kappa shape index (κ3) is 7.94. The van der Waals surface area contributed by atoms with Crippen molar-refractivity contribution in [1.82, 2.24) is 9.13 Å². The maximum atomic E-state index is 3.50. The Morgan fingerprint density at radius 2 is 0.794 bits per heavy atom. The highest BCUT2D eigenvalue weighted by atomic mass is 127. The van der Waals surface area contributed by atoms with Crippen LogP contribution in [0.3, 0.4) is 0 Å². The van der Waals surface area contributed by atoms with Crippen molar-refractivity contribution in [2.45, 2.75) is 48.0 Å². The van der Waals surface area contributed by atoms with Gasteiger partial charge in [0.15, 0.2) is 0 Å². The van der Waals surface area contributed by atoms with Crippen LogP contribution < -0.4 is 0 Å². The fraction of sp³-hybridized carbons (Fsp3) is 0.111. The Morgan fingerprint density at radius 1 is 0.397 bits per heavy atom. The number of halogens is 1. The summed E-state index contributed by atoms with van der Waals surface area (Å²) in [5.41, 5.74) is 18.0. The van der Waals surface area contributed by atoms with E-state index in [1.807, 2.05) is 86.2 Å². The third-order valence-electron chi connectivity index (χ3n) is 12.9. The van der Waals surface area contributed by atoms with Crippen molar-refractivity contribution < 1.29 is 0 Å². The number of fused-ring (bicyclic) bond motifs is 12. The molecular formula is C63H55IN2S2. The van der Waals surface area contributed by atoms with Crippen LogP contribution in [0.15, 0.2) is 206 Å². The second kappa shape index (κ2) is 20.9. The zero-order chi connectivity index (χ0) is 47.3. The summed E-state index contributed by atoms with van der Waals surface area (Å²) in [6.45, 7) is 12.0. The lowest BCUT2D eigenvalue weighted by Crippen LogP contribution is -1.94. The highest BCUT2D eigenvalue weighted by Gasteiger charge is 2.25. The van der Waals surface area contributed by atoms with Gasteiger partial charge in [0.05, 0.1) is 32.5 Å². The molecule has 9 aromatic carbocycles. The molecule has 0 aliphatic heterocycles. The molecule has 0 saturated heterocycles. The molecule has 1 aliphatic carbocycles. The molecule has 0 N–H and O–H groups in total. The fourth-order valence-electron chi connectivity index (χ4n) is 10.1. The van der Waals surface area contributed by atoms with Gasteiger partial charge in [-0.15, -0.1) is 21.1 Å². The molecule has 3 heterocycles. The minimum absolute atomic E-state index is 0.915. The Hall–Kier alpha value is -6.38. The van der Waals surface area contributed by atoms with E-state index in [0.29, 0.717) is 0 Å². The Morgan fingerprint density at radius 3 is 1.34 bits per heavy atom. The Labute approximate surface area is 422 Å². The van der Waals surface area contributed by atoms with E-state index in [1.165, 1.54) is 120 Å². The number of para-hydroxylation sites is 4. The van der Waals surface area contributed by atoms with Gasteiger partial charge in [-0.3, -0.25) is 0 Å². The van der Waals surface area contributed by atoms with E-state index < -0.39 is 0 Å². The summed E-state index contributed by atoms with van der Waals surface area (Å²) in [6, 6.07) is 71.9. The predicted molar refractivity (Wildman–Crippen MR) is 313 cm³/mol. The zero-order valence-corrected chi connectivity index (χ0v) is 43.3. The van der Waals surface area contributed by atoms with Crippen molar-refractivity contribution in [3.63, 3.8) is 0 Å². The van der Waals surface area contributed by atoms with Gasteiger partial charge in [-0.2, -0.15) is 0 Å². The van der Waals surface area contributed by atoms with E-state index in [1.54, 1.807) is 0 Å². The van der Waals surface area contributed by atoms with Gasteiger partial charge in [0.25, 0.3) is 0 Å². The average Bonchev–Trinajstić information content (AvgIpc) is 4.18. The summed E-state index contributed by atoms with van der Waals surface area (Å²) >= 11 is 3.77. The maximum Gasteiger partial charge on any atom is 0.0640 e. The minimum Gasteiger partial charge on any atom is -0.309 e. The molecule has 5 heteroatoms. The Kier molecular flexibility index (Phi) is 14.3. The topological polar surface area (TPSA) is 9.86 Å². The van der Waals surface area contributed by atoms with Gasteiger partial charge in [0.2, 0.25) is 0 Å². The number of hydrogen-bond donors (Lipinski definition) is 1. The van der Waals surface area contributed by atoms with Crippen molar-refractivity contribution in [2.24, 2.45) is 0 Å². The van der Waals surface area contributed by atoms with Crippen LogP contribution in [0.5, 0.6) is 0 Å². The average molecular weight is 1030 g/mol. The van der Waals surface area contributed by atoms with Gasteiger partial charge in [0.1, 0.15) is 0 Å². The molecule has 0 unspecified atom stereocenters. The van der Waals surface area contributed by atoms with Crippen molar-refractivity contribution >= 4 is 106 Å². The first-order valence-corrected chi connectivity index (χ1v) is 27.8. The molecule has 13 rings (SSSR count). The first-order valence-electron chi connectivity index (χ1n) is 23.7. The summed E-state index contributed by atoms with van der Waals surface area (Å²) in [4.78, 5) is 0. The van der Waals surface area contributed by atoms with Gasteiger partial charge in [0, 0.05) is 48.3 Å². The van der Waals surface area contributed by atoms with E-state index in [4.69, 9.17) is 0 Å². The predicted octanol–water partition coefficient (Wildman–Crippen LogP) is 20.1. The summed E-state index contributed by atoms with van der Waals surface area (Å²) in [6.07, 6.45) is 4.91. The number of hydrogen-bond acceptors (Lipinski definition) is 2. The lowest BCUT2D eigenvalue weighted by atomic mass is 9.89. The van der Waals surface area contributed by atoms with E-state index in [0.717, 1.165) is 6.42 Å². The van der Waals surface area contributed by atoms with Crippen LogP contribution >= 0.6 is 42.3 Å². The molecular weight excluding hydrogens is 976 g/mol. The van der Waals surface area contributed by atoms with Crippen molar-refractivity contribution in [3.8, 4) is 44.8 Å². The first-order chi connectivity index (χ1) is 33.7. The van der Waals surface area contributed by atoms with Gasteiger partial charge in [-0.05, 0) is 123 Å². The number of benzene rings is 9. The van der Waals surface area contributed by atoms with Crippen molar-refractivity contribution in [2.75, 3.05) is 0 Å². The van der Waals surface area contributed by atoms with E-state index in [2.05, 4.69) is 213 Å². The molecule has 0 fully saturated rings. The van der Waals surface area contributed by atoms with Gasteiger partial charge < -0.3 is 9.13 Å². The van der Waals surface area contributed by atoms with Crippen molar-refractivity contribution in [1.29, 1.82) is 0 Å². The summed E-state index contributed by atoms with van der Waals surface area (Å²) in [7, 11) is 3.50. The van der Waals surface area contributed by atoms with Crippen LogP contribution in [0.2, 0.25) is 0 Å². The van der Waals surface area contributed by atoms with Crippen LogP contribution in [0.1, 0.15) is 52.7 Å². The minimum atomic E-state index is 0.915. The second-order valence-electron chi connectivity index (χ2n) is 16.2. The molecule has 336 valence electrons. The third-order valence-corrected chi connectivity index (χ3v) is 14.2. The van der Waals surface area contributed by atoms with E-state index in [-0.39, 0.29) is 0 Å². The molecule has 0 amide bonds. The van der Waals surface area contributed by atoms with Crippen LogP contribution in [0, 0.1) is 0 Å². The lowest BCUT2D eigenvalue weighted by molar-refractivity contribution is 1.17. The zero-order valence-electron chi connectivity index (χ0n) is 39.5. The van der Waals surface area contributed by atoms with Crippen LogP contribution in [0.4, 0.5) is 0 Å². The highest BCUT2D eigenvalue weighted by Crippen LogP contribution is 2.48. The van der Waals surface area contributed by atoms with E-state index >= 15 is 0 Å². The fourth-order valence-corrected chi connectivity index (χ4v) is 11.4. The molecule has 68 heavy (non-hydrogen) atoms. The molecule has 2 nitrogen and oxygen atoms in total. The van der Waals surface area contributed by atoms with Crippen molar-refractivity contribution in [3.05, 3.63) is 217 Å². The quantitative estimate of drug-likeness (QED) is 0.102. The second-order valence-corrected chi connectivity index (χ2v) is 17.3. The monoisotopic (exact) mass is 1030 g/mol. The Balaban J connectivity index is 0.000000539. The highest BCUT2D eigenvalue weighted by molar-refractivity contribution is 14.2. The Bertz CT molecular complexity index is 3660. The number of rotatable bonds is 4. The number of nitrogens with zero attached hydrogens (tertiary/aromatic N) is 2. The van der Waals surface area contributed by atoms with Gasteiger partial charge >= 0.3 is 0 Å². The lowest BCUT2D eigenvalue weighted by Gasteiger charge is -2.15. The normalized spacial score (nSPS) is 11.4. The number of thiophene rings is 1. The molecule has 12 aromatic rings. The number of allylic oxidation sites excluding steroid dienone is 2. The van der Waals surface area contributed by atoms with Crippen LogP contribution in [-0.2, 0) is 6.42 Å². The largest absolute Gasteiger partial charge is 0.309 e. The van der Waals surface area contributed by atoms with Gasteiger partial charge in [-0.1, -0.05) is 192 Å². The number of thiol groups is 1. The van der Waals surface area contributed by atoms with Gasteiger partial charge in [-0.25, -0.2) is 0 Å². The summed E-state index contributed by atoms with van der Waals surface area (Å²) in [5.74, 6) is 0. The summed E-state index contributed by atoms with van der Waals surface area (Å²) < 4.78 is 7.53. The molecule has 0 atom stereocenters. The molecule has 0 radical (unpaired) electrons. The SMILES string of the molecule is C/C=C\C.CC.CC.SI.c1ccc(-c2cccc3c2sc2c(-n4c5ccccc5c5ccccc54)cccc23)c(-c2cccc3c2Cc2ccc(-n4c5ccccc5c5ccccc54)cc2-3)c1. The van der Waals surface area contributed by atoms with Crippen LogP contribution in [0.25, 0.3) is 109 Å². The summed E-state index contributed by atoms with van der Waals surface area (Å²) in [5, 5.41) is 7.74. The molecule has 1 aliphatic rings. The molecule has 0 spiro atoms. The van der Waals surface area contributed by atoms with E-state index in [9.17, 15) is 0 Å².